The highest BCUT2D eigenvalue weighted by Gasteiger charge is 2.05. The molecule has 0 saturated carbocycles. The molecule has 0 spiro atoms. The highest BCUT2D eigenvalue weighted by atomic mass is 16.3. The van der Waals surface area contributed by atoms with Crippen LogP contribution in [-0.2, 0) is 6.61 Å². The van der Waals surface area contributed by atoms with Crippen molar-refractivity contribution in [1.29, 1.82) is 0 Å². The molecule has 19 heavy (non-hydrogen) atoms. The maximum Gasteiger partial charge on any atom is 0.255 e. The summed E-state index contributed by atoms with van der Waals surface area (Å²) in [6.07, 6.45) is 1.65. The zero-order valence-electron chi connectivity index (χ0n) is 10.3. The van der Waals surface area contributed by atoms with Crippen LogP contribution in [-0.4, -0.2) is 10.1 Å². The highest BCUT2D eigenvalue weighted by Crippen LogP contribution is 2.26. The van der Waals surface area contributed by atoms with E-state index < -0.39 is 0 Å². The number of pyridine rings is 1. The van der Waals surface area contributed by atoms with Gasteiger partial charge in [0.1, 0.15) is 0 Å². The zero-order valence-corrected chi connectivity index (χ0v) is 10.3. The number of H-pyrrole nitrogens is 1. The van der Waals surface area contributed by atoms with Gasteiger partial charge in [-0.3, -0.25) is 4.79 Å². The Hall–Kier alpha value is -2.39. The van der Waals surface area contributed by atoms with Gasteiger partial charge in [-0.25, -0.2) is 0 Å². The maximum absolute atomic E-state index is 11.7. The topological polar surface area (TPSA) is 53.1 Å². The van der Waals surface area contributed by atoms with Gasteiger partial charge in [0, 0.05) is 11.6 Å². The molecule has 0 fully saturated rings. The average molecular weight is 251 g/mol. The Morgan fingerprint density at radius 2 is 1.89 bits per heavy atom. The first-order valence-electron chi connectivity index (χ1n) is 6.10. The van der Waals surface area contributed by atoms with Crippen LogP contribution in [0.4, 0.5) is 0 Å². The summed E-state index contributed by atoms with van der Waals surface area (Å²) in [5, 5.41) is 11.0. The van der Waals surface area contributed by atoms with E-state index in [0.717, 1.165) is 22.1 Å². The van der Waals surface area contributed by atoms with E-state index in [9.17, 15) is 9.90 Å². The molecule has 0 unspecified atom stereocenters. The van der Waals surface area contributed by atoms with Gasteiger partial charge in [-0.05, 0) is 40.3 Å². The number of aliphatic hydroxyl groups excluding tert-OH is 1. The van der Waals surface area contributed by atoms with E-state index >= 15 is 0 Å². The maximum atomic E-state index is 11.7. The van der Waals surface area contributed by atoms with Gasteiger partial charge >= 0.3 is 0 Å². The zero-order chi connectivity index (χ0) is 13.2. The molecule has 2 aromatic carbocycles. The van der Waals surface area contributed by atoms with Gasteiger partial charge in [0.25, 0.3) is 5.56 Å². The molecule has 0 atom stereocenters. The molecule has 0 aliphatic heterocycles. The van der Waals surface area contributed by atoms with E-state index in [1.807, 2.05) is 48.5 Å². The number of aliphatic hydroxyl groups is 1. The van der Waals surface area contributed by atoms with Crippen molar-refractivity contribution < 1.29 is 5.11 Å². The van der Waals surface area contributed by atoms with Crippen LogP contribution < -0.4 is 5.56 Å². The number of aromatic amines is 1. The fourth-order valence-electron chi connectivity index (χ4n) is 2.30. The first-order chi connectivity index (χ1) is 9.29. The summed E-state index contributed by atoms with van der Waals surface area (Å²) in [7, 11) is 0. The van der Waals surface area contributed by atoms with Crippen molar-refractivity contribution in [3.8, 4) is 11.1 Å². The third-order valence-electron chi connectivity index (χ3n) is 3.27. The van der Waals surface area contributed by atoms with Gasteiger partial charge in [-0.1, -0.05) is 30.3 Å². The fraction of sp³-hybridized carbons (Fsp3) is 0.0625. The second-order valence-corrected chi connectivity index (χ2v) is 4.42. The van der Waals surface area contributed by atoms with Crippen LogP contribution in [0, 0.1) is 0 Å². The van der Waals surface area contributed by atoms with E-state index in [4.69, 9.17) is 0 Å². The molecule has 0 aliphatic rings. The van der Waals surface area contributed by atoms with E-state index in [-0.39, 0.29) is 12.2 Å². The third kappa shape index (κ3) is 2.04. The van der Waals surface area contributed by atoms with E-state index in [2.05, 4.69) is 4.98 Å². The van der Waals surface area contributed by atoms with Crippen molar-refractivity contribution in [2.45, 2.75) is 6.61 Å². The standard InChI is InChI=1S/C16H13NO2/c18-10-13-3-1-2-4-14(13)11-5-6-15-12(9-11)7-8-17-16(15)19/h1-9,18H,10H2,(H,17,19). The lowest BCUT2D eigenvalue weighted by atomic mass is 9.98. The lowest BCUT2D eigenvalue weighted by molar-refractivity contribution is 0.282. The van der Waals surface area contributed by atoms with Gasteiger partial charge in [0.2, 0.25) is 0 Å². The molecule has 94 valence electrons. The molecule has 0 aliphatic carbocycles. The number of nitrogens with one attached hydrogen (secondary N) is 1. The first kappa shape index (κ1) is 11.7. The lowest BCUT2D eigenvalue weighted by Gasteiger charge is -2.08. The molecule has 3 aromatic rings. The molecule has 0 radical (unpaired) electrons. The molecule has 3 nitrogen and oxygen atoms in total. The molecular weight excluding hydrogens is 238 g/mol. The van der Waals surface area contributed by atoms with Crippen molar-refractivity contribution in [2.24, 2.45) is 0 Å². The number of hydrogen-bond acceptors (Lipinski definition) is 2. The summed E-state index contributed by atoms with van der Waals surface area (Å²) in [4.78, 5) is 14.3. The second-order valence-electron chi connectivity index (χ2n) is 4.42. The minimum absolute atomic E-state index is 0.00356. The summed E-state index contributed by atoms with van der Waals surface area (Å²) in [6, 6.07) is 15.3. The normalized spacial score (nSPS) is 10.8. The van der Waals surface area contributed by atoms with Crippen LogP contribution in [0.1, 0.15) is 5.56 Å². The van der Waals surface area contributed by atoms with Crippen LogP contribution >= 0.6 is 0 Å². The number of rotatable bonds is 2. The molecule has 2 N–H and O–H groups in total. The number of benzene rings is 2. The van der Waals surface area contributed by atoms with Crippen molar-refractivity contribution in [3.63, 3.8) is 0 Å². The van der Waals surface area contributed by atoms with Crippen molar-refractivity contribution in [1.82, 2.24) is 4.98 Å². The Morgan fingerprint density at radius 1 is 1.05 bits per heavy atom. The highest BCUT2D eigenvalue weighted by molar-refractivity contribution is 5.86. The SMILES string of the molecule is O=c1[nH]ccc2cc(-c3ccccc3CO)ccc12. The Bertz CT molecular complexity index is 790. The number of fused-ring (bicyclic) bond motifs is 1. The van der Waals surface area contributed by atoms with Gasteiger partial charge in [0.15, 0.2) is 0 Å². The molecule has 1 aromatic heterocycles. The monoisotopic (exact) mass is 251 g/mol. The number of hydrogen-bond donors (Lipinski definition) is 2. The van der Waals surface area contributed by atoms with E-state index in [0.29, 0.717) is 5.39 Å². The Labute approximate surface area is 110 Å². The molecule has 3 heteroatoms. The summed E-state index contributed by atoms with van der Waals surface area (Å²) in [5.41, 5.74) is 2.79. The Morgan fingerprint density at radius 3 is 2.74 bits per heavy atom. The second kappa shape index (κ2) is 4.71. The molecular formula is C16H13NO2. The third-order valence-corrected chi connectivity index (χ3v) is 3.27. The smallest absolute Gasteiger partial charge is 0.255 e. The van der Waals surface area contributed by atoms with Crippen LogP contribution in [0.3, 0.4) is 0 Å². The largest absolute Gasteiger partial charge is 0.392 e. The molecule has 0 bridgehead atoms. The summed E-state index contributed by atoms with van der Waals surface area (Å²) >= 11 is 0. The van der Waals surface area contributed by atoms with Crippen LogP contribution in [0.25, 0.3) is 21.9 Å². The van der Waals surface area contributed by atoms with E-state index in [1.54, 1.807) is 6.20 Å². The van der Waals surface area contributed by atoms with Gasteiger partial charge < -0.3 is 10.1 Å². The lowest BCUT2D eigenvalue weighted by Crippen LogP contribution is -2.04. The minimum Gasteiger partial charge on any atom is -0.392 e. The predicted molar refractivity (Wildman–Crippen MR) is 75.9 cm³/mol. The van der Waals surface area contributed by atoms with Crippen LogP contribution in [0.5, 0.6) is 0 Å². The molecule has 0 amide bonds. The minimum atomic E-state index is -0.0838. The first-order valence-corrected chi connectivity index (χ1v) is 6.10. The van der Waals surface area contributed by atoms with Gasteiger partial charge in [-0.2, -0.15) is 0 Å². The summed E-state index contributed by atoms with van der Waals surface area (Å²) < 4.78 is 0. The van der Waals surface area contributed by atoms with Gasteiger partial charge in [-0.15, -0.1) is 0 Å². The summed E-state index contributed by atoms with van der Waals surface area (Å²) in [5.74, 6) is 0. The quantitative estimate of drug-likeness (QED) is 0.735. The van der Waals surface area contributed by atoms with Crippen LogP contribution in [0.15, 0.2) is 59.5 Å². The Kier molecular flexibility index (Phi) is 2.89. The van der Waals surface area contributed by atoms with Crippen LogP contribution in [0.2, 0.25) is 0 Å². The van der Waals surface area contributed by atoms with E-state index in [1.165, 1.54) is 0 Å². The van der Waals surface area contributed by atoms with Crippen molar-refractivity contribution >= 4 is 10.8 Å². The average Bonchev–Trinajstić information content (AvgIpc) is 2.47. The molecule has 3 rings (SSSR count). The molecule has 1 heterocycles. The van der Waals surface area contributed by atoms with Crippen molar-refractivity contribution in [3.05, 3.63) is 70.6 Å². The predicted octanol–water partition coefficient (Wildman–Crippen LogP) is 2.69. The van der Waals surface area contributed by atoms with Crippen molar-refractivity contribution in [2.75, 3.05) is 0 Å². The fourth-order valence-corrected chi connectivity index (χ4v) is 2.30. The Balaban J connectivity index is 2.24. The summed E-state index contributed by atoms with van der Waals surface area (Å²) in [6.45, 7) is 0.00356. The molecule has 0 saturated heterocycles. The van der Waals surface area contributed by atoms with Gasteiger partial charge in [0.05, 0.1) is 6.61 Å². The number of aromatic nitrogens is 1.